The average Bonchev–Trinajstić information content (AvgIpc) is 3.01. The SMILES string of the molecule is Nc1nccc2scc(-c3ccc(Nc4cccc(F)c4)cc3)c12. The first-order chi connectivity index (χ1) is 11.7. The summed E-state index contributed by atoms with van der Waals surface area (Å²) in [6, 6.07) is 16.4. The number of nitrogen functional groups attached to an aromatic ring is 1. The van der Waals surface area contributed by atoms with Crippen LogP contribution in [0, 0.1) is 5.82 Å². The molecule has 0 spiro atoms. The van der Waals surface area contributed by atoms with E-state index in [9.17, 15) is 4.39 Å². The summed E-state index contributed by atoms with van der Waals surface area (Å²) in [5.41, 5.74) is 9.81. The van der Waals surface area contributed by atoms with Crippen molar-refractivity contribution in [1.29, 1.82) is 0 Å². The van der Waals surface area contributed by atoms with Gasteiger partial charge >= 0.3 is 0 Å². The van der Waals surface area contributed by atoms with Crippen molar-refractivity contribution in [3.63, 3.8) is 0 Å². The van der Waals surface area contributed by atoms with Crippen LogP contribution >= 0.6 is 11.3 Å². The zero-order valence-corrected chi connectivity index (χ0v) is 13.5. The lowest BCUT2D eigenvalue weighted by Gasteiger charge is -2.08. The topological polar surface area (TPSA) is 50.9 Å². The van der Waals surface area contributed by atoms with E-state index in [1.54, 1.807) is 23.6 Å². The molecule has 2 heterocycles. The lowest BCUT2D eigenvalue weighted by molar-refractivity contribution is 0.628. The van der Waals surface area contributed by atoms with Gasteiger partial charge in [0.15, 0.2) is 0 Å². The number of fused-ring (bicyclic) bond motifs is 1. The van der Waals surface area contributed by atoms with Gasteiger partial charge in [-0.2, -0.15) is 0 Å². The third-order valence-electron chi connectivity index (χ3n) is 3.82. The van der Waals surface area contributed by atoms with Crippen molar-refractivity contribution in [2.45, 2.75) is 0 Å². The molecule has 5 heteroatoms. The Morgan fingerprint density at radius 1 is 1.00 bits per heavy atom. The molecule has 0 saturated carbocycles. The molecule has 0 atom stereocenters. The van der Waals surface area contributed by atoms with Crippen molar-refractivity contribution in [3.05, 3.63) is 72.0 Å². The van der Waals surface area contributed by atoms with E-state index >= 15 is 0 Å². The minimum Gasteiger partial charge on any atom is -0.383 e. The second-order valence-corrected chi connectivity index (χ2v) is 6.34. The maximum Gasteiger partial charge on any atom is 0.132 e. The molecule has 0 aliphatic carbocycles. The highest BCUT2D eigenvalue weighted by atomic mass is 32.1. The number of nitrogens with one attached hydrogen (secondary N) is 1. The number of rotatable bonds is 3. The van der Waals surface area contributed by atoms with E-state index in [1.165, 1.54) is 12.1 Å². The van der Waals surface area contributed by atoms with Crippen LogP contribution in [0.3, 0.4) is 0 Å². The van der Waals surface area contributed by atoms with E-state index in [4.69, 9.17) is 5.73 Å². The molecular weight excluding hydrogens is 321 g/mol. The Morgan fingerprint density at radius 2 is 1.83 bits per heavy atom. The minimum atomic E-state index is -0.260. The van der Waals surface area contributed by atoms with Crippen molar-refractivity contribution in [3.8, 4) is 11.1 Å². The smallest absolute Gasteiger partial charge is 0.132 e. The van der Waals surface area contributed by atoms with Gasteiger partial charge in [-0.1, -0.05) is 18.2 Å². The van der Waals surface area contributed by atoms with Gasteiger partial charge in [-0.05, 0) is 47.3 Å². The Bertz CT molecular complexity index is 1010. The molecule has 0 fully saturated rings. The molecule has 0 unspecified atom stereocenters. The Morgan fingerprint density at radius 3 is 2.62 bits per heavy atom. The third-order valence-corrected chi connectivity index (χ3v) is 4.77. The summed E-state index contributed by atoms with van der Waals surface area (Å²) < 4.78 is 14.4. The molecule has 0 radical (unpaired) electrons. The number of nitrogens with zero attached hydrogens (tertiary/aromatic N) is 1. The predicted octanol–water partition coefficient (Wildman–Crippen LogP) is 5.43. The number of hydrogen-bond donors (Lipinski definition) is 2. The zero-order chi connectivity index (χ0) is 16.5. The second-order valence-electron chi connectivity index (χ2n) is 5.43. The van der Waals surface area contributed by atoms with Crippen LogP contribution in [0.2, 0.25) is 0 Å². The predicted molar refractivity (Wildman–Crippen MR) is 99.2 cm³/mol. The van der Waals surface area contributed by atoms with Crippen LogP contribution in [0.5, 0.6) is 0 Å². The number of halogens is 1. The van der Waals surface area contributed by atoms with Crippen molar-refractivity contribution in [2.75, 3.05) is 11.1 Å². The summed E-state index contributed by atoms with van der Waals surface area (Å²) >= 11 is 1.65. The summed E-state index contributed by atoms with van der Waals surface area (Å²) in [6.07, 6.45) is 1.73. The lowest BCUT2D eigenvalue weighted by Crippen LogP contribution is -1.91. The van der Waals surface area contributed by atoms with E-state index in [0.29, 0.717) is 5.82 Å². The minimum absolute atomic E-state index is 0.260. The molecule has 0 saturated heterocycles. The van der Waals surface area contributed by atoms with Gasteiger partial charge in [0.2, 0.25) is 0 Å². The quantitative estimate of drug-likeness (QED) is 0.525. The summed E-state index contributed by atoms with van der Waals surface area (Å²) in [5.74, 6) is 0.287. The molecule has 2 aromatic heterocycles. The largest absolute Gasteiger partial charge is 0.383 e. The zero-order valence-electron chi connectivity index (χ0n) is 12.7. The number of benzene rings is 2. The number of anilines is 3. The molecule has 0 amide bonds. The van der Waals surface area contributed by atoms with E-state index in [0.717, 1.165) is 32.6 Å². The fourth-order valence-electron chi connectivity index (χ4n) is 2.69. The van der Waals surface area contributed by atoms with Crippen LogP contribution in [0.4, 0.5) is 21.6 Å². The molecule has 0 aliphatic rings. The first-order valence-corrected chi connectivity index (χ1v) is 8.33. The highest BCUT2D eigenvalue weighted by Crippen LogP contribution is 2.36. The van der Waals surface area contributed by atoms with Gasteiger partial charge in [0.1, 0.15) is 11.6 Å². The Balaban J connectivity index is 1.66. The fraction of sp³-hybridized carbons (Fsp3) is 0. The monoisotopic (exact) mass is 335 g/mol. The number of pyridine rings is 1. The van der Waals surface area contributed by atoms with Crippen LogP contribution in [-0.2, 0) is 0 Å². The van der Waals surface area contributed by atoms with Crippen LogP contribution < -0.4 is 11.1 Å². The van der Waals surface area contributed by atoms with Gasteiger partial charge < -0.3 is 11.1 Å². The van der Waals surface area contributed by atoms with Crippen molar-refractivity contribution in [2.24, 2.45) is 0 Å². The summed E-state index contributed by atoms with van der Waals surface area (Å²) in [7, 11) is 0. The number of nitrogens with two attached hydrogens (primary N) is 1. The molecule has 3 N–H and O–H groups in total. The Labute approximate surface area is 142 Å². The Hall–Kier alpha value is -2.92. The van der Waals surface area contributed by atoms with E-state index in [1.807, 2.05) is 36.4 Å². The van der Waals surface area contributed by atoms with Gasteiger partial charge in [-0.25, -0.2) is 9.37 Å². The first-order valence-electron chi connectivity index (χ1n) is 7.45. The first kappa shape index (κ1) is 14.7. The van der Waals surface area contributed by atoms with Gasteiger partial charge in [-0.3, -0.25) is 0 Å². The van der Waals surface area contributed by atoms with Gasteiger partial charge in [0.05, 0.1) is 0 Å². The van der Waals surface area contributed by atoms with Crippen molar-refractivity contribution >= 4 is 38.6 Å². The summed E-state index contributed by atoms with van der Waals surface area (Å²) in [6.45, 7) is 0. The highest BCUT2D eigenvalue weighted by Gasteiger charge is 2.10. The fourth-order valence-corrected chi connectivity index (χ4v) is 3.66. The maximum absolute atomic E-state index is 13.2. The Kier molecular flexibility index (Phi) is 3.63. The molecular formula is C19H14FN3S. The second kappa shape index (κ2) is 5.94. The van der Waals surface area contributed by atoms with Crippen LogP contribution in [-0.4, -0.2) is 4.98 Å². The number of aromatic nitrogens is 1. The van der Waals surface area contributed by atoms with E-state index in [2.05, 4.69) is 15.7 Å². The van der Waals surface area contributed by atoms with Crippen molar-refractivity contribution < 1.29 is 4.39 Å². The van der Waals surface area contributed by atoms with E-state index < -0.39 is 0 Å². The molecule has 4 aromatic rings. The van der Waals surface area contributed by atoms with Gasteiger partial charge in [-0.15, -0.1) is 11.3 Å². The standard InChI is InChI=1S/C19H14FN3S/c20-13-2-1-3-15(10-13)23-14-6-4-12(5-7-14)16-11-24-17-8-9-22-19(21)18(16)17/h1-11,23H,(H2,21,22). The van der Waals surface area contributed by atoms with Gasteiger partial charge in [0.25, 0.3) is 0 Å². The van der Waals surface area contributed by atoms with E-state index in [-0.39, 0.29) is 5.82 Å². The molecule has 118 valence electrons. The van der Waals surface area contributed by atoms with Crippen LogP contribution in [0.1, 0.15) is 0 Å². The lowest BCUT2D eigenvalue weighted by atomic mass is 10.0. The highest BCUT2D eigenvalue weighted by molar-refractivity contribution is 7.17. The molecule has 0 bridgehead atoms. The average molecular weight is 335 g/mol. The molecule has 2 aromatic carbocycles. The van der Waals surface area contributed by atoms with Crippen molar-refractivity contribution in [1.82, 2.24) is 4.98 Å². The van der Waals surface area contributed by atoms with Crippen LogP contribution in [0.15, 0.2) is 66.2 Å². The van der Waals surface area contributed by atoms with Gasteiger partial charge in [0, 0.05) is 33.2 Å². The molecule has 4 rings (SSSR count). The maximum atomic E-state index is 13.2. The summed E-state index contributed by atoms with van der Waals surface area (Å²) in [4.78, 5) is 4.18. The van der Waals surface area contributed by atoms with Crippen LogP contribution in [0.25, 0.3) is 21.2 Å². The molecule has 24 heavy (non-hydrogen) atoms. The molecule has 3 nitrogen and oxygen atoms in total. The number of hydrogen-bond acceptors (Lipinski definition) is 4. The number of thiophene rings is 1. The normalized spacial score (nSPS) is 10.9. The summed E-state index contributed by atoms with van der Waals surface area (Å²) in [5, 5.41) is 6.28. The third kappa shape index (κ3) is 2.70. The molecule has 0 aliphatic heterocycles.